The number of rotatable bonds is 9. The fourth-order valence-electron chi connectivity index (χ4n) is 4.53. The van der Waals surface area contributed by atoms with Gasteiger partial charge in [-0.2, -0.15) is 13.2 Å². The molecule has 0 amide bonds. The average molecular weight is 578 g/mol. The monoisotopic (exact) mass is 577 g/mol. The number of pyridine rings is 1. The number of fused-ring (bicyclic) bond motifs is 1. The minimum Gasteiger partial charge on any atom is -0.489 e. The van der Waals surface area contributed by atoms with Gasteiger partial charge in [0.15, 0.2) is 6.61 Å². The van der Waals surface area contributed by atoms with E-state index in [0.29, 0.717) is 39.5 Å². The molecule has 0 atom stereocenters. The van der Waals surface area contributed by atoms with Crippen LogP contribution in [-0.2, 0) is 24.0 Å². The number of para-hydroxylation sites is 1. The molecule has 4 aromatic carbocycles. The molecule has 5 rings (SSSR count). The summed E-state index contributed by atoms with van der Waals surface area (Å²) < 4.78 is 52.7. The van der Waals surface area contributed by atoms with Crippen LogP contribution < -0.4 is 9.47 Å². The second-order valence-corrected chi connectivity index (χ2v) is 9.74. The van der Waals surface area contributed by atoms with E-state index < -0.39 is 24.3 Å². The molecule has 5 nitrogen and oxygen atoms in total. The van der Waals surface area contributed by atoms with Crippen molar-refractivity contribution in [3.05, 3.63) is 124 Å². The van der Waals surface area contributed by atoms with Gasteiger partial charge in [-0.15, -0.1) is 0 Å². The molecule has 0 unspecified atom stereocenters. The topological polar surface area (TPSA) is 68.7 Å². The standard InChI is InChI=1S/C32H23ClF3NO4/c33-24-11-7-20(8-12-24)15-23-17-37-31-27(5-2-6-28(31)32(34,35)36)30(23)22-3-1-4-26(16-22)40-18-21-9-13-25(14-10-21)41-19-29(38)39/h1-14,16-17H,15,18-19H2,(H,38,39). The van der Waals surface area contributed by atoms with E-state index >= 15 is 0 Å². The SMILES string of the molecule is O=C(O)COc1ccc(COc2cccc(-c3c(Cc4ccc(Cl)cc4)cnc4c(C(F)(F)F)cccc34)c2)cc1. The number of ether oxygens (including phenoxy) is 2. The zero-order valence-corrected chi connectivity index (χ0v) is 22.2. The average Bonchev–Trinajstić information content (AvgIpc) is 2.96. The maximum atomic E-state index is 13.9. The lowest BCUT2D eigenvalue weighted by Gasteiger charge is -2.17. The largest absolute Gasteiger partial charge is 0.489 e. The molecule has 0 aliphatic carbocycles. The first kappa shape index (κ1) is 28.0. The molecule has 0 spiro atoms. The highest BCUT2D eigenvalue weighted by Gasteiger charge is 2.33. The van der Waals surface area contributed by atoms with Crippen molar-refractivity contribution in [2.45, 2.75) is 19.2 Å². The molecule has 41 heavy (non-hydrogen) atoms. The van der Waals surface area contributed by atoms with Crippen molar-refractivity contribution in [2.24, 2.45) is 0 Å². The Morgan fingerprint density at radius 1 is 0.854 bits per heavy atom. The summed E-state index contributed by atoms with van der Waals surface area (Å²) in [5, 5.41) is 9.73. The Kier molecular flexibility index (Phi) is 8.12. The second-order valence-electron chi connectivity index (χ2n) is 9.30. The quantitative estimate of drug-likeness (QED) is 0.191. The third-order valence-electron chi connectivity index (χ3n) is 6.40. The van der Waals surface area contributed by atoms with E-state index in [1.807, 2.05) is 18.2 Å². The first-order chi connectivity index (χ1) is 19.7. The van der Waals surface area contributed by atoms with Crippen LogP contribution >= 0.6 is 11.6 Å². The highest BCUT2D eigenvalue weighted by Crippen LogP contribution is 2.39. The van der Waals surface area contributed by atoms with Crippen molar-refractivity contribution >= 4 is 28.5 Å². The summed E-state index contributed by atoms with van der Waals surface area (Å²) in [6.45, 7) is -0.216. The number of benzene rings is 4. The lowest BCUT2D eigenvalue weighted by Crippen LogP contribution is -2.09. The number of aliphatic carboxylic acids is 1. The molecule has 0 aliphatic rings. The molecule has 0 radical (unpaired) electrons. The molecule has 1 heterocycles. The van der Waals surface area contributed by atoms with Crippen LogP contribution in [-0.4, -0.2) is 22.7 Å². The number of carboxylic acids is 1. The molecule has 0 fully saturated rings. The summed E-state index contributed by atoms with van der Waals surface area (Å²) in [6, 6.07) is 25.4. The zero-order valence-electron chi connectivity index (χ0n) is 21.5. The van der Waals surface area contributed by atoms with Crippen molar-refractivity contribution in [1.82, 2.24) is 4.98 Å². The fraction of sp³-hybridized carbons (Fsp3) is 0.125. The molecule has 0 aliphatic heterocycles. The van der Waals surface area contributed by atoms with Gasteiger partial charge in [-0.25, -0.2) is 4.79 Å². The summed E-state index contributed by atoms with van der Waals surface area (Å²) in [4.78, 5) is 14.9. The fourth-order valence-corrected chi connectivity index (χ4v) is 4.65. The highest BCUT2D eigenvalue weighted by atomic mass is 35.5. The van der Waals surface area contributed by atoms with Crippen LogP contribution in [0.2, 0.25) is 5.02 Å². The summed E-state index contributed by atoms with van der Waals surface area (Å²) in [5.74, 6) is -0.109. The Hall–Kier alpha value is -4.56. The molecule has 0 bridgehead atoms. The Bertz CT molecular complexity index is 1690. The van der Waals surface area contributed by atoms with Crippen molar-refractivity contribution in [1.29, 1.82) is 0 Å². The number of halogens is 4. The van der Waals surface area contributed by atoms with Gasteiger partial charge in [0.05, 0.1) is 11.1 Å². The maximum absolute atomic E-state index is 13.9. The number of hydrogen-bond donors (Lipinski definition) is 1. The van der Waals surface area contributed by atoms with Crippen LogP contribution in [0.25, 0.3) is 22.0 Å². The van der Waals surface area contributed by atoms with Crippen LogP contribution in [0.15, 0.2) is 97.2 Å². The predicted octanol–water partition coefficient (Wildman–Crippen LogP) is 8.21. The molecule has 1 aromatic heterocycles. The Labute approximate surface area is 238 Å². The second kappa shape index (κ2) is 11.9. The summed E-state index contributed by atoms with van der Waals surface area (Å²) in [5.41, 5.74) is 2.94. The molecular formula is C32H23ClF3NO4. The minimum absolute atomic E-state index is 0.119. The summed E-state index contributed by atoms with van der Waals surface area (Å²) in [6.07, 6.45) is -2.61. The maximum Gasteiger partial charge on any atom is 0.418 e. The smallest absolute Gasteiger partial charge is 0.418 e. The molecule has 9 heteroatoms. The van der Waals surface area contributed by atoms with Gasteiger partial charge in [-0.3, -0.25) is 4.98 Å². The van der Waals surface area contributed by atoms with Gasteiger partial charge in [0, 0.05) is 16.6 Å². The Morgan fingerprint density at radius 3 is 2.27 bits per heavy atom. The number of carboxylic acid groups (broad SMARTS) is 1. The molecule has 208 valence electrons. The van der Waals surface area contributed by atoms with Crippen LogP contribution in [0, 0.1) is 0 Å². The number of carbonyl (C=O) groups is 1. The molecule has 0 saturated heterocycles. The zero-order chi connectivity index (χ0) is 29.0. The van der Waals surface area contributed by atoms with E-state index in [9.17, 15) is 18.0 Å². The van der Waals surface area contributed by atoms with Crippen molar-refractivity contribution in [2.75, 3.05) is 6.61 Å². The van der Waals surface area contributed by atoms with Gasteiger partial charge in [-0.05, 0) is 76.7 Å². The van der Waals surface area contributed by atoms with Crippen LogP contribution in [0.4, 0.5) is 13.2 Å². The van der Waals surface area contributed by atoms with Crippen molar-refractivity contribution in [3.63, 3.8) is 0 Å². The van der Waals surface area contributed by atoms with E-state index in [2.05, 4.69) is 4.98 Å². The van der Waals surface area contributed by atoms with Crippen LogP contribution in [0.1, 0.15) is 22.3 Å². The Morgan fingerprint density at radius 2 is 1.56 bits per heavy atom. The van der Waals surface area contributed by atoms with E-state index in [4.69, 9.17) is 26.2 Å². The van der Waals surface area contributed by atoms with E-state index in [-0.39, 0.29) is 12.1 Å². The third-order valence-corrected chi connectivity index (χ3v) is 6.66. The van der Waals surface area contributed by atoms with Gasteiger partial charge in [0.1, 0.15) is 18.1 Å². The summed E-state index contributed by atoms with van der Waals surface area (Å²) >= 11 is 6.04. The van der Waals surface area contributed by atoms with E-state index in [1.54, 1.807) is 60.7 Å². The van der Waals surface area contributed by atoms with Gasteiger partial charge in [-0.1, -0.05) is 60.1 Å². The third kappa shape index (κ3) is 6.78. The van der Waals surface area contributed by atoms with Crippen molar-refractivity contribution < 1.29 is 32.5 Å². The number of alkyl halides is 3. The molecular weight excluding hydrogens is 555 g/mol. The number of hydrogen-bond acceptors (Lipinski definition) is 4. The molecule has 1 N–H and O–H groups in total. The number of nitrogens with zero attached hydrogens (tertiary/aromatic N) is 1. The minimum atomic E-state index is -4.55. The van der Waals surface area contributed by atoms with Crippen molar-refractivity contribution in [3.8, 4) is 22.6 Å². The molecule has 5 aromatic rings. The Balaban J connectivity index is 1.49. The lowest BCUT2D eigenvalue weighted by atomic mass is 9.92. The van der Waals surface area contributed by atoms with Crippen LogP contribution in [0.3, 0.4) is 0 Å². The summed E-state index contributed by atoms with van der Waals surface area (Å²) in [7, 11) is 0. The first-order valence-electron chi connectivity index (χ1n) is 12.6. The normalized spacial score (nSPS) is 11.4. The highest BCUT2D eigenvalue weighted by molar-refractivity contribution is 6.30. The van der Waals surface area contributed by atoms with Crippen LogP contribution in [0.5, 0.6) is 11.5 Å². The van der Waals surface area contributed by atoms with E-state index in [0.717, 1.165) is 22.8 Å². The predicted molar refractivity (Wildman–Crippen MR) is 150 cm³/mol. The van der Waals surface area contributed by atoms with E-state index in [1.165, 1.54) is 12.3 Å². The lowest BCUT2D eigenvalue weighted by molar-refractivity contribution is -0.139. The number of aromatic nitrogens is 1. The first-order valence-corrected chi connectivity index (χ1v) is 12.9. The molecule has 0 saturated carbocycles. The van der Waals surface area contributed by atoms with Gasteiger partial charge >= 0.3 is 12.1 Å². The van der Waals surface area contributed by atoms with Gasteiger partial charge in [0.25, 0.3) is 0 Å². The van der Waals surface area contributed by atoms with Gasteiger partial charge in [0.2, 0.25) is 0 Å². The van der Waals surface area contributed by atoms with Gasteiger partial charge < -0.3 is 14.6 Å².